The Morgan fingerprint density at radius 2 is 1.79 bits per heavy atom. The third kappa shape index (κ3) is 2.31. The average molecular weight is 194 g/mol. The van der Waals surface area contributed by atoms with Crippen LogP contribution in [0.15, 0.2) is 24.3 Å². The average Bonchev–Trinajstić information content (AvgIpc) is 2.16. The Hall–Kier alpha value is -1.39. The second kappa shape index (κ2) is 4.21. The van der Waals surface area contributed by atoms with E-state index in [-0.39, 0.29) is 0 Å². The number of rotatable bonds is 3. The highest BCUT2D eigenvalue weighted by Gasteiger charge is 2.21. The van der Waals surface area contributed by atoms with Crippen LogP contribution >= 0.6 is 0 Å². The maximum absolute atomic E-state index is 10.6. The Bertz CT molecular complexity index is 321. The van der Waals surface area contributed by atoms with E-state index in [4.69, 9.17) is 16.6 Å². The van der Waals surface area contributed by atoms with Crippen LogP contribution in [0.1, 0.15) is 17.2 Å². The molecule has 2 unspecified atom stereocenters. The van der Waals surface area contributed by atoms with Crippen molar-refractivity contribution in [3.63, 3.8) is 0 Å². The van der Waals surface area contributed by atoms with Crippen LogP contribution in [0.4, 0.5) is 0 Å². The normalized spacial score (nSPS) is 14.8. The minimum atomic E-state index is -1.09. The zero-order valence-corrected chi connectivity index (χ0v) is 7.97. The molecule has 0 aliphatic heterocycles. The summed E-state index contributed by atoms with van der Waals surface area (Å²) in [6.45, 7) is 1.95. The first kappa shape index (κ1) is 10.7. The van der Waals surface area contributed by atoms with E-state index in [0.29, 0.717) is 0 Å². The standard InChI is InChI=1S/C10H14N2O2/c1-6-2-4-7(5-3-6)8(11)9(12)10(13)14/h2-5,8-9H,11-12H2,1H3,(H,13,14). The van der Waals surface area contributed by atoms with Gasteiger partial charge in [-0.05, 0) is 12.5 Å². The number of aryl methyl sites for hydroxylation is 1. The molecule has 5 N–H and O–H groups in total. The SMILES string of the molecule is Cc1ccc(C(N)C(N)C(=O)O)cc1. The van der Waals surface area contributed by atoms with E-state index >= 15 is 0 Å². The van der Waals surface area contributed by atoms with Crippen LogP contribution in [0.3, 0.4) is 0 Å². The van der Waals surface area contributed by atoms with Gasteiger partial charge in [0.25, 0.3) is 0 Å². The Labute approximate surface area is 82.5 Å². The third-order valence-corrected chi connectivity index (χ3v) is 2.13. The fourth-order valence-corrected chi connectivity index (χ4v) is 1.15. The summed E-state index contributed by atoms with van der Waals surface area (Å²) in [5.41, 5.74) is 12.9. The van der Waals surface area contributed by atoms with Crippen LogP contribution in [0.5, 0.6) is 0 Å². The second-order valence-corrected chi connectivity index (χ2v) is 3.30. The van der Waals surface area contributed by atoms with Gasteiger partial charge in [-0.25, -0.2) is 0 Å². The summed E-state index contributed by atoms with van der Waals surface area (Å²) in [6, 6.07) is 5.63. The van der Waals surface area contributed by atoms with Crippen LogP contribution < -0.4 is 11.5 Å². The summed E-state index contributed by atoms with van der Waals surface area (Å²) in [4.78, 5) is 10.6. The number of hydrogen-bond donors (Lipinski definition) is 3. The van der Waals surface area contributed by atoms with Crippen molar-refractivity contribution in [2.24, 2.45) is 11.5 Å². The molecule has 0 amide bonds. The molecular formula is C10H14N2O2. The minimum Gasteiger partial charge on any atom is -0.480 e. The summed E-state index contributed by atoms with van der Waals surface area (Å²) in [6.07, 6.45) is 0. The summed E-state index contributed by atoms with van der Waals surface area (Å²) < 4.78 is 0. The highest BCUT2D eigenvalue weighted by atomic mass is 16.4. The van der Waals surface area contributed by atoms with Gasteiger partial charge in [0.1, 0.15) is 6.04 Å². The van der Waals surface area contributed by atoms with Gasteiger partial charge < -0.3 is 16.6 Å². The van der Waals surface area contributed by atoms with Gasteiger partial charge in [-0.15, -0.1) is 0 Å². The first-order valence-corrected chi connectivity index (χ1v) is 4.33. The molecule has 0 aromatic heterocycles. The number of carboxylic acids is 1. The predicted octanol–water partition coefficient (Wildman–Crippen LogP) is 0.407. The molecule has 0 bridgehead atoms. The van der Waals surface area contributed by atoms with Gasteiger partial charge >= 0.3 is 5.97 Å². The Balaban J connectivity index is 2.84. The Morgan fingerprint density at radius 1 is 1.29 bits per heavy atom. The molecule has 4 heteroatoms. The van der Waals surface area contributed by atoms with E-state index in [1.807, 2.05) is 19.1 Å². The maximum atomic E-state index is 10.6. The highest BCUT2D eigenvalue weighted by Crippen LogP contribution is 2.13. The summed E-state index contributed by atoms with van der Waals surface area (Å²) >= 11 is 0. The molecule has 1 aromatic carbocycles. The number of benzene rings is 1. The zero-order valence-electron chi connectivity index (χ0n) is 7.97. The van der Waals surface area contributed by atoms with Crippen molar-refractivity contribution in [3.05, 3.63) is 35.4 Å². The quantitative estimate of drug-likeness (QED) is 0.650. The lowest BCUT2D eigenvalue weighted by Gasteiger charge is -2.16. The molecule has 0 saturated carbocycles. The molecule has 76 valence electrons. The van der Waals surface area contributed by atoms with E-state index in [9.17, 15) is 4.79 Å². The van der Waals surface area contributed by atoms with Gasteiger partial charge in [0.15, 0.2) is 0 Å². The van der Waals surface area contributed by atoms with E-state index in [1.165, 1.54) is 0 Å². The lowest BCUT2D eigenvalue weighted by molar-refractivity contribution is -0.139. The molecule has 4 nitrogen and oxygen atoms in total. The monoisotopic (exact) mass is 194 g/mol. The highest BCUT2D eigenvalue weighted by molar-refractivity contribution is 5.74. The largest absolute Gasteiger partial charge is 0.480 e. The zero-order chi connectivity index (χ0) is 10.7. The van der Waals surface area contributed by atoms with Crippen molar-refractivity contribution in [2.75, 3.05) is 0 Å². The Kier molecular flexibility index (Phi) is 3.22. The van der Waals surface area contributed by atoms with Gasteiger partial charge in [-0.2, -0.15) is 0 Å². The van der Waals surface area contributed by atoms with Crippen LogP contribution in [-0.2, 0) is 4.79 Å². The molecule has 14 heavy (non-hydrogen) atoms. The molecule has 1 aromatic rings. The Morgan fingerprint density at radius 3 is 2.21 bits per heavy atom. The molecule has 0 heterocycles. The molecule has 0 radical (unpaired) electrons. The van der Waals surface area contributed by atoms with E-state index in [0.717, 1.165) is 11.1 Å². The van der Waals surface area contributed by atoms with Crippen LogP contribution in [0, 0.1) is 6.92 Å². The van der Waals surface area contributed by atoms with Gasteiger partial charge in [0.05, 0.1) is 6.04 Å². The molecule has 0 saturated heterocycles. The molecule has 0 aliphatic rings. The van der Waals surface area contributed by atoms with E-state index < -0.39 is 18.1 Å². The lowest BCUT2D eigenvalue weighted by atomic mass is 10.00. The number of aliphatic carboxylic acids is 1. The number of nitrogens with two attached hydrogens (primary N) is 2. The van der Waals surface area contributed by atoms with Crippen molar-refractivity contribution < 1.29 is 9.90 Å². The molecule has 0 aliphatic carbocycles. The van der Waals surface area contributed by atoms with Gasteiger partial charge in [-0.1, -0.05) is 29.8 Å². The summed E-state index contributed by atoms with van der Waals surface area (Å²) in [7, 11) is 0. The van der Waals surface area contributed by atoms with Crippen molar-refractivity contribution in [1.29, 1.82) is 0 Å². The van der Waals surface area contributed by atoms with Crippen LogP contribution in [0.2, 0.25) is 0 Å². The summed E-state index contributed by atoms with van der Waals surface area (Å²) in [5, 5.41) is 8.66. The molecular weight excluding hydrogens is 180 g/mol. The fraction of sp³-hybridized carbons (Fsp3) is 0.300. The second-order valence-electron chi connectivity index (χ2n) is 3.30. The van der Waals surface area contributed by atoms with Crippen molar-refractivity contribution in [2.45, 2.75) is 19.0 Å². The first-order valence-electron chi connectivity index (χ1n) is 4.33. The van der Waals surface area contributed by atoms with E-state index in [1.54, 1.807) is 12.1 Å². The summed E-state index contributed by atoms with van der Waals surface area (Å²) in [5.74, 6) is -1.09. The molecule has 2 atom stereocenters. The molecule has 1 rings (SSSR count). The lowest BCUT2D eigenvalue weighted by Crippen LogP contribution is -2.40. The minimum absolute atomic E-state index is 0.659. The first-order chi connectivity index (χ1) is 6.52. The third-order valence-electron chi connectivity index (χ3n) is 2.13. The topological polar surface area (TPSA) is 89.3 Å². The van der Waals surface area contributed by atoms with Crippen molar-refractivity contribution in [3.8, 4) is 0 Å². The number of carbonyl (C=O) groups is 1. The predicted molar refractivity (Wildman–Crippen MR) is 53.7 cm³/mol. The van der Waals surface area contributed by atoms with Crippen molar-refractivity contribution >= 4 is 5.97 Å². The van der Waals surface area contributed by atoms with Crippen LogP contribution in [0.25, 0.3) is 0 Å². The van der Waals surface area contributed by atoms with Crippen LogP contribution in [-0.4, -0.2) is 17.1 Å². The maximum Gasteiger partial charge on any atom is 0.322 e. The smallest absolute Gasteiger partial charge is 0.322 e. The fourth-order valence-electron chi connectivity index (χ4n) is 1.15. The number of carboxylic acid groups (broad SMARTS) is 1. The van der Waals surface area contributed by atoms with Crippen molar-refractivity contribution in [1.82, 2.24) is 0 Å². The van der Waals surface area contributed by atoms with E-state index in [2.05, 4.69) is 0 Å². The van der Waals surface area contributed by atoms with Gasteiger partial charge in [-0.3, -0.25) is 4.79 Å². The molecule has 0 spiro atoms. The molecule has 0 fully saturated rings. The van der Waals surface area contributed by atoms with Gasteiger partial charge in [0, 0.05) is 0 Å². The van der Waals surface area contributed by atoms with Gasteiger partial charge in [0.2, 0.25) is 0 Å². The number of hydrogen-bond acceptors (Lipinski definition) is 3.